The average Bonchev–Trinajstić information content (AvgIpc) is 2.74. The number of likely N-dealkylation sites (N-methyl/N-ethyl adjacent to an activating group) is 1. The normalized spacial score (nSPS) is 12.6. The zero-order chi connectivity index (χ0) is 13.0. The van der Waals surface area contributed by atoms with Crippen LogP contribution >= 0.6 is 22.6 Å². The number of nitrogens with one attached hydrogen (secondary N) is 1. The molecule has 18 heavy (non-hydrogen) atoms. The van der Waals surface area contributed by atoms with Gasteiger partial charge in [0.05, 0.1) is 0 Å². The van der Waals surface area contributed by atoms with Gasteiger partial charge in [-0.05, 0) is 46.8 Å². The van der Waals surface area contributed by atoms with Crippen LogP contribution < -0.4 is 5.32 Å². The van der Waals surface area contributed by atoms with E-state index in [1.807, 2.05) is 11.7 Å². The molecule has 1 aromatic heterocycles. The topological polar surface area (TPSA) is 42.7 Å². The van der Waals surface area contributed by atoms with E-state index in [4.69, 9.17) is 0 Å². The molecule has 2 rings (SSSR count). The molecule has 1 aromatic carbocycles. The van der Waals surface area contributed by atoms with Gasteiger partial charge in [-0.3, -0.25) is 4.68 Å². The van der Waals surface area contributed by atoms with Crippen LogP contribution in [0.3, 0.4) is 0 Å². The Balaban J connectivity index is 2.20. The van der Waals surface area contributed by atoms with Crippen LogP contribution in [-0.4, -0.2) is 21.3 Å². The lowest BCUT2D eigenvalue weighted by atomic mass is 10.0. The van der Waals surface area contributed by atoms with E-state index in [2.05, 4.69) is 69.2 Å². The van der Waals surface area contributed by atoms with Crippen molar-refractivity contribution in [2.75, 3.05) is 6.54 Å². The molecule has 0 bridgehead atoms. The Morgan fingerprint density at radius 1 is 1.44 bits per heavy atom. The van der Waals surface area contributed by atoms with Gasteiger partial charge in [-0.15, -0.1) is 0 Å². The van der Waals surface area contributed by atoms with Gasteiger partial charge in [0, 0.05) is 23.1 Å². The predicted octanol–water partition coefficient (Wildman–Crippen LogP) is 2.31. The quantitative estimate of drug-likeness (QED) is 0.837. The molecule has 1 heterocycles. The predicted molar refractivity (Wildman–Crippen MR) is 80.3 cm³/mol. The van der Waals surface area contributed by atoms with Crippen LogP contribution in [0, 0.1) is 3.57 Å². The molecule has 2 aromatic rings. The van der Waals surface area contributed by atoms with E-state index in [1.54, 1.807) is 6.33 Å². The van der Waals surface area contributed by atoms with Gasteiger partial charge in [0.15, 0.2) is 0 Å². The maximum atomic E-state index is 4.30. The van der Waals surface area contributed by atoms with Crippen molar-refractivity contribution in [3.8, 4) is 0 Å². The highest BCUT2D eigenvalue weighted by molar-refractivity contribution is 14.1. The number of aryl methyl sites for hydroxylation is 1. The summed E-state index contributed by atoms with van der Waals surface area (Å²) in [7, 11) is 1.93. The lowest BCUT2D eigenvalue weighted by Gasteiger charge is -2.18. The van der Waals surface area contributed by atoms with Crippen LogP contribution in [0.1, 0.15) is 24.4 Å². The second-order valence-electron chi connectivity index (χ2n) is 4.17. The molecular weight excluding hydrogens is 339 g/mol. The minimum Gasteiger partial charge on any atom is -0.310 e. The van der Waals surface area contributed by atoms with Gasteiger partial charge >= 0.3 is 0 Å². The van der Waals surface area contributed by atoms with E-state index >= 15 is 0 Å². The number of hydrogen-bond acceptors (Lipinski definition) is 3. The SMILES string of the molecule is CCNC(Cc1ncnn1C)c1cccc(I)c1. The Hall–Kier alpha value is -0.950. The first kappa shape index (κ1) is 13.5. The van der Waals surface area contributed by atoms with E-state index in [0.29, 0.717) is 0 Å². The molecule has 1 N–H and O–H groups in total. The smallest absolute Gasteiger partial charge is 0.138 e. The van der Waals surface area contributed by atoms with Crippen molar-refractivity contribution in [1.82, 2.24) is 20.1 Å². The standard InChI is InChI=1S/C13H17IN4/c1-3-15-12(8-13-16-9-17-18(13)2)10-5-4-6-11(14)7-10/h4-7,9,12,15H,3,8H2,1-2H3. The van der Waals surface area contributed by atoms with Crippen LogP contribution in [0.4, 0.5) is 0 Å². The van der Waals surface area contributed by atoms with E-state index in [0.717, 1.165) is 18.8 Å². The minimum atomic E-state index is 0.285. The Kier molecular flexibility index (Phi) is 4.71. The number of benzene rings is 1. The van der Waals surface area contributed by atoms with Gasteiger partial charge in [0.2, 0.25) is 0 Å². The van der Waals surface area contributed by atoms with Gasteiger partial charge < -0.3 is 5.32 Å². The van der Waals surface area contributed by atoms with Crippen molar-refractivity contribution in [3.05, 3.63) is 45.6 Å². The zero-order valence-corrected chi connectivity index (χ0v) is 12.8. The average molecular weight is 356 g/mol. The lowest BCUT2D eigenvalue weighted by molar-refractivity contribution is 0.522. The van der Waals surface area contributed by atoms with Crippen LogP contribution in [0.2, 0.25) is 0 Å². The lowest BCUT2D eigenvalue weighted by Crippen LogP contribution is -2.24. The first-order chi connectivity index (χ1) is 8.70. The highest BCUT2D eigenvalue weighted by Gasteiger charge is 2.14. The first-order valence-electron chi connectivity index (χ1n) is 6.02. The first-order valence-corrected chi connectivity index (χ1v) is 7.10. The van der Waals surface area contributed by atoms with E-state index < -0.39 is 0 Å². The minimum absolute atomic E-state index is 0.285. The maximum Gasteiger partial charge on any atom is 0.138 e. The molecule has 0 saturated heterocycles. The number of halogens is 1. The Labute approximate surface area is 121 Å². The summed E-state index contributed by atoms with van der Waals surface area (Å²) in [5.74, 6) is 1.000. The summed E-state index contributed by atoms with van der Waals surface area (Å²) in [6.45, 7) is 3.06. The summed E-state index contributed by atoms with van der Waals surface area (Å²) in [5, 5.41) is 7.62. The molecule has 0 saturated carbocycles. The molecule has 0 spiro atoms. The van der Waals surface area contributed by atoms with Crippen LogP contribution in [0.5, 0.6) is 0 Å². The third-order valence-corrected chi connectivity index (χ3v) is 3.56. The van der Waals surface area contributed by atoms with Crippen molar-refractivity contribution in [2.45, 2.75) is 19.4 Å². The van der Waals surface area contributed by atoms with E-state index in [-0.39, 0.29) is 6.04 Å². The highest BCUT2D eigenvalue weighted by atomic mass is 127. The summed E-state index contributed by atoms with van der Waals surface area (Å²) in [6.07, 6.45) is 2.46. The molecule has 0 amide bonds. The largest absolute Gasteiger partial charge is 0.310 e. The molecule has 4 nitrogen and oxygen atoms in total. The third kappa shape index (κ3) is 3.29. The van der Waals surface area contributed by atoms with Gasteiger partial charge in [0.1, 0.15) is 12.2 Å². The van der Waals surface area contributed by atoms with Crippen LogP contribution in [0.15, 0.2) is 30.6 Å². The van der Waals surface area contributed by atoms with Crippen molar-refractivity contribution in [1.29, 1.82) is 0 Å². The second kappa shape index (κ2) is 6.29. The second-order valence-corrected chi connectivity index (χ2v) is 5.41. The van der Waals surface area contributed by atoms with Crippen molar-refractivity contribution in [2.24, 2.45) is 7.05 Å². The maximum absolute atomic E-state index is 4.30. The molecular formula is C13H17IN4. The van der Waals surface area contributed by atoms with E-state index in [1.165, 1.54) is 9.13 Å². The van der Waals surface area contributed by atoms with Gasteiger partial charge in [-0.1, -0.05) is 19.1 Å². The van der Waals surface area contributed by atoms with Crippen molar-refractivity contribution in [3.63, 3.8) is 0 Å². The molecule has 1 unspecified atom stereocenters. The highest BCUT2D eigenvalue weighted by Crippen LogP contribution is 2.19. The summed E-state index contributed by atoms with van der Waals surface area (Å²) < 4.78 is 3.09. The molecule has 0 aliphatic rings. The molecule has 0 aliphatic carbocycles. The van der Waals surface area contributed by atoms with Crippen molar-refractivity contribution >= 4 is 22.6 Å². The fourth-order valence-electron chi connectivity index (χ4n) is 1.97. The summed E-state index contributed by atoms with van der Waals surface area (Å²) >= 11 is 2.34. The van der Waals surface area contributed by atoms with Gasteiger partial charge in [0.25, 0.3) is 0 Å². The Morgan fingerprint density at radius 2 is 2.28 bits per heavy atom. The fourth-order valence-corrected chi connectivity index (χ4v) is 2.53. The number of nitrogens with zero attached hydrogens (tertiary/aromatic N) is 3. The fraction of sp³-hybridized carbons (Fsp3) is 0.385. The van der Waals surface area contributed by atoms with Crippen LogP contribution in [0.25, 0.3) is 0 Å². The van der Waals surface area contributed by atoms with Crippen LogP contribution in [-0.2, 0) is 13.5 Å². The molecule has 5 heteroatoms. The summed E-state index contributed by atoms with van der Waals surface area (Å²) in [6, 6.07) is 8.86. The molecule has 0 fully saturated rings. The van der Waals surface area contributed by atoms with Crippen molar-refractivity contribution < 1.29 is 0 Å². The number of aromatic nitrogens is 3. The van der Waals surface area contributed by atoms with Gasteiger partial charge in [-0.2, -0.15) is 5.10 Å². The third-order valence-electron chi connectivity index (χ3n) is 2.89. The van der Waals surface area contributed by atoms with E-state index in [9.17, 15) is 0 Å². The Bertz CT molecular complexity index is 509. The molecule has 0 aliphatic heterocycles. The van der Waals surface area contributed by atoms with Gasteiger partial charge in [-0.25, -0.2) is 4.98 Å². The molecule has 0 radical (unpaired) electrons. The molecule has 96 valence electrons. The Morgan fingerprint density at radius 3 is 2.89 bits per heavy atom. The zero-order valence-electron chi connectivity index (χ0n) is 10.6. The summed E-state index contributed by atoms with van der Waals surface area (Å²) in [4.78, 5) is 4.30. The molecule has 1 atom stereocenters. The summed E-state index contributed by atoms with van der Waals surface area (Å²) in [5.41, 5.74) is 1.30. The number of hydrogen-bond donors (Lipinski definition) is 1. The number of rotatable bonds is 5. The monoisotopic (exact) mass is 356 g/mol.